The van der Waals surface area contributed by atoms with E-state index in [4.69, 9.17) is 0 Å². The van der Waals surface area contributed by atoms with Crippen LogP contribution < -0.4 is 0 Å². The SMILES string of the molecule is C[C@H]1CCCN(C(=O)CN2CCN(S(=O)(=O)/C=C/c3ccccc3)CC2)C1. The molecule has 1 aromatic rings. The number of piperidine rings is 1. The van der Waals surface area contributed by atoms with E-state index in [2.05, 4.69) is 11.8 Å². The number of likely N-dealkylation sites (tertiary alicyclic amines) is 1. The molecule has 0 unspecified atom stereocenters. The fourth-order valence-corrected chi connectivity index (χ4v) is 4.84. The summed E-state index contributed by atoms with van der Waals surface area (Å²) >= 11 is 0. The summed E-state index contributed by atoms with van der Waals surface area (Å²) in [7, 11) is -3.43. The molecule has 1 aromatic carbocycles. The van der Waals surface area contributed by atoms with Gasteiger partial charge in [-0.1, -0.05) is 37.3 Å². The minimum absolute atomic E-state index is 0.168. The minimum Gasteiger partial charge on any atom is -0.341 e. The van der Waals surface area contributed by atoms with E-state index in [9.17, 15) is 13.2 Å². The average molecular weight is 392 g/mol. The van der Waals surface area contributed by atoms with Crippen LogP contribution in [0.5, 0.6) is 0 Å². The van der Waals surface area contributed by atoms with Gasteiger partial charge < -0.3 is 4.90 Å². The molecule has 2 saturated heterocycles. The van der Waals surface area contributed by atoms with E-state index in [0.29, 0.717) is 38.6 Å². The van der Waals surface area contributed by atoms with Crippen molar-refractivity contribution in [3.63, 3.8) is 0 Å². The molecule has 1 amide bonds. The molecule has 27 heavy (non-hydrogen) atoms. The lowest BCUT2D eigenvalue weighted by Crippen LogP contribution is -2.52. The number of benzene rings is 1. The molecule has 0 aliphatic carbocycles. The summed E-state index contributed by atoms with van der Waals surface area (Å²) < 4.78 is 26.5. The second kappa shape index (κ2) is 8.99. The first-order valence-corrected chi connectivity index (χ1v) is 11.2. The number of amides is 1. The molecule has 0 N–H and O–H groups in total. The largest absolute Gasteiger partial charge is 0.341 e. The van der Waals surface area contributed by atoms with Crippen molar-refractivity contribution in [3.8, 4) is 0 Å². The first-order chi connectivity index (χ1) is 12.9. The smallest absolute Gasteiger partial charge is 0.236 e. The van der Waals surface area contributed by atoms with Gasteiger partial charge in [0, 0.05) is 44.7 Å². The fraction of sp³-hybridized carbons (Fsp3) is 0.550. The van der Waals surface area contributed by atoms with Gasteiger partial charge in [-0.3, -0.25) is 9.69 Å². The van der Waals surface area contributed by atoms with Crippen LogP contribution in [0.4, 0.5) is 0 Å². The molecule has 1 atom stereocenters. The van der Waals surface area contributed by atoms with Crippen molar-refractivity contribution in [3.05, 3.63) is 41.3 Å². The van der Waals surface area contributed by atoms with Gasteiger partial charge in [-0.05, 0) is 30.4 Å². The lowest BCUT2D eigenvalue weighted by molar-refractivity contribution is -0.134. The molecule has 3 rings (SSSR count). The van der Waals surface area contributed by atoms with E-state index in [1.807, 2.05) is 35.2 Å². The van der Waals surface area contributed by atoms with E-state index in [1.165, 1.54) is 16.1 Å². The lowest BCUT2D eigenvalue weighted by Gasteiger charge is -2.36. The molecular weight excluding hydrogens is 362 g/mol. The quantitative estimate of drug-likeness (QED) is 0.769. The van der Waals surface area contributed by atoms with Crippen LogP contribution in [0.1, 0.15) is 25.3 Å². The molecule has 7 heteroatoms. The van der Waals surface area contributed by atoms with E-state index in [-0.39, 0.29) is 5.91 Å². The number of carbonyl (C=O) groups is 1. The van der Waals surface area contributed by atoms with E-state index >= 15 is 0 Å². The second-order valence-electron chi connectivity index (χ2n) is 7.52. The number of rotatable bonds is 5. The van der Waals surface area contributed by atoms with Crippen LogP contribution >= 0.6 is 0 Å². The van der Waals surface area contributed by atoms with Crippen LogP contribution in [0.25, 0.3) is 6.08 Å². The lowest BCUT2D eigenvalue weighted by atomic mass is 10.0. The average Bonchev–Trinajstić information content (AvgIpc) is 2.68. The third-order valence-electron chi connectivity index (χ3n) is 5.29. The molecular formula is C20H29N3O3S. The van der Waals surface area contributed by atoms with Crippen LogP contribution in [-0.4, -0.2) is 74.2 Å². The highest BCUT2D eigenvalue weighted by molar-refractivity contribution is 7.92. The molecule has 2 fully saturated rings. The van der Waals surface area contributed by atoms with E-state index < -0.39 is 10.0 Å². The van der Waals surface area contributed by atoms with Gasteiger partial charge in [0.25, 0.3) is 0 Å². The van der Waals surface area contributed by atoms with Gasteiger partial charge in [-0.25, -0.2) is 8.42 Å². The predicted octanol–water partition coefficient (Wildman–Crippen LogP) is 1.86. The zero-order valence-corrected chi connectivity index (χ0v) is 16.8. The van der Waals surface area contributed by atoms with Crippen LogP contribution in [0.3, 0.4) is 0 Å². The Kier molecular flexibility index (Phi) is 6.68. The normalized spacial score (nSPS) is 23.0. The number of sulfonamides is 1. The summed E-state index contributed by atoms with van der Waals surface area (Å²) in [5, 5.41) is 1.28. The fourth-order valence-electron chi connectivity index (χ4n) is 3.66. The van der Waals surface area contributed by atoms with Crippen molar-refractivity contribution in [2.75, 3.05) is 45.8 Å². The Balaban J connectivity index is 1.49. The first-order valence-electron chi connectivity index (χ1n) is 9.67. The summed E-state index contributed by atoms with van der Waals surface area (Å²) in [4.78, 5) is 16.5. The molecule has 0 radical (unpaired) electrons. The van der Waals surface area contributed by atoms with E-state index in [0.717, 1.165) is 25.1 Å². The van der Waals surface area contributed by atoms with Gasteiger partial charge >= 0.3 is 0 Å². The number of nitrogens with zero attached hydrogens (tertiary/aromatic N) is 3. The highest BCUT2D eigenvalue weighted by atomic mass is 32.2. The second-order valence-corrected chi connectivity index (χ2v) is 9.34. The number of piperazine rings is 1. The number of hydrogen-bond donors (Lipinski definition) is 0. The van der Waals surface area contributed by atoms with Crippen LogP contribution in [0, 0.1) is 5.92 Å². The Morgan fingerprint density at radius 3 is 2.48 bits per heavy atom. The van der Waals surface area contributed by atoms with Gasteiger partial charge in [0.2, 0.25) is 15.9 Å². The summed E-state index contributed by atoms with van der Waals surface area (Å²) in [6.07, 6.45) is 3.90. The van der Waals surface area contributed by atoms with Crippen LogP contribution in [-0.2, 0) is 14.8 Å². The molecule has 6 nitrogen and oxygen atoms in total. The molecule has 2 aliphatic heterocycles. The van der Waals surface area contributed by atoms with Crippen molar-refractivity contribution in [2.45, 2.75) is 19.8 Å². The summed E-state index contributed by atoms with van der Waals surface area (Å²) in [6.45, 7) is 6.29. The Bertz CT molecular complexity index is 756. The molecule has 0 aromatic heterocycles. The van der Waals surface area contributed by atoms with Crippen molar-refractivity contribution >= 4 is 22.0 Å². The maximum absolute atomic E-state index is 12.5. The standard InChI is InChI=1S/C20H29N3O3S/c1-18-6-5-10-22(16-18)20(24)17-21-11-13-23(14-12-21)27(25,26)15-9-19-7-3-2-4-8-19/h2-4,7-9,15,18H,5-6,10-14,16-17H2,1H3/b15-9+/t18-/m0/s1. The topological polar surface area (TPSA) is 60.9 Å². The summed E-state index contributed by atoms with van der Waals surface area (Å²) in [6, 6.07) is 9.40. The Labute approximate surface area is 162 Å². The highest BCUT2D eigenvalue weighted by Gasteiger charge is 2.28. The minimum atomic E-state index is -3.43. The highest BCUT2D eigenvalue weighted by Crippen LogP contribution is 2.16. The third kappa shape index (κ3) is 5.64. The van der Waals surface area contributed by atoms with Crippen molar-refractivity contribution in [1.82, 2.24) is 14.1 Å². The molecule has 2 heterocycles. The van der Waals surface area contributed by atoms with Crippen molar-refractivity contribution < 1.29 is 13.2 Å². The molecule has 0 bridgehead atoms. The molecule has 2 aliphatic rings. The Hall–Kier alpha value is -1.70. The van der Waals surface area contributed by atoms with Crippen molar-refractivity contribution in [2.24, 2.45) is 5.92 Å². The van der Waals surface area contributed by atoms with Gasteiger partial charge in [-0.15, -0.1) is 0 Å². The van der Waals surface area contributed by atoms with Crippen LogP contribution in [0.2, 0.25) is 0 Å². The maximum Gasteiger partial charge on any atom is 0.236 e. The van der Waals surface area contributed by atoms with Crippen LogP contribution in [0.15, 0.2) is 35.7 Å². The predicted molar refractivity (Wildman–Crippen MR) is 107 cm³/mol. The number of carbonyl (C=O) groups excluding carboxylic acids is 1. The van der Waals surface area contributed by atoms with E-state index in [1.54, 1.807) is 6.08 Å². The zero-order valence-electron chi connectivity index (χ0n) is 16.0. The summed E-state index contributed by atoms with van der Waals surface area (Å²) in [5.41, 5.74) is 0.862. The maximum atomic E-state index is 12.5. The monoisotopic (exact) mass is 391 g/mol. The van der Waals surface area contributed by atoms with Gasteiger partial charge in [0.15, 0.2) is 0 Å². The van der Waals surface area contributed by atoms with Gasteiger partial charge in [0.1, 0.15) is 0 Å². The van der Waals surface area contributed by atoms with Gasteiger partial charge in [0.05, 0.1) is 6.54 Å². The van der Waals surface area contributed by atoms with Crippen molar-refractivity contribution in [1.29, 1.82) is 0 Å². The summed E-state index contributed by atoms with van der Waals surface area (Å²) in [5.74, 6) is 0.739. The Morgan fingerprint density at radius 2 is 1.81 bits per heavy atom. The third-order valence-corrected chi connectivity index (χ3v) is 6.86. The Morgan fingerprint density at radius 1 is 1.11 bits per heavy atom. The zero-order chi connectivity index (χ0) is 19.3. The number of hydrogen-bond acceptors (Lipinski definition) is 4. The molecule has 0 spiro atoms. The van der Waals surface area contributed by atoms with Gasteiger partial charge in [-0.2, -0.15) is 4.31 Å². The first kappa shape index (κ1) is 20.0. The molecule has 148 valence electrons. The molecule has 0 saturated carbocycles.